The van der Waals surface area contributed by atoms with E-state index < -0.39 is 12.0 Å². The number of aromatic nitrogens is 4. The number of nitrogens with one attached hydrogen (secondary N) is 1. The van der Waals surface area contributed by atoms with E-state index in [1.54, 1.807) is 18.3 Å². The second-order valence-corrected chi connectivity index (χ2v) is 9.67. The molecule has 12 heteroatoms. The normalized spacial score (nSPS) is 18.4. The largest absolute Gasteiger partial charge is 0.444 e. The van der Waals surface area contributed by atoms with Crippen LogP contribution in [0.4, 0.5) is 17.5 Å². The Kier molecular flexibility index (Phi) is 6.42. The van der Waals surface area contributed by atoms with Crippen LogP contribution in [-0.2, 0) is 0 Å². The van der Waals surface area contributed by atoms with Gasteiger partial charge < -0.3 is 34.0 Å². The molecule has 1 amide bonds. The lowest BCUT2D eigenvalue weighted by Crippen LogP contribution is -2.46. The first-order valence-corrected chi connectivity index (χ1v) is 12.9. The number of hydrogen-bond donors (Lipinski definition) is 2. The van der Waals surface area contributed by atoms with E-state index in [0.717, 1.165) is 44.0 Å². The van der Waals surface area contributed by atoms with Crippen molar-refractivity contribution in [3.63, 3.8) is 0 Å². The number of aryl methyl sites for hydroxylation is 1. The van der Waals surface area contributed by atoms with Crippen LogP contribution >= 0.6 is 0 Å². The average Bonchev–Trinajstić information content (AvgIpc) is 3.68. The summed E-state index contributed by atoms with van der Waals surface area (Å²) in [5.74, 6) is 0.426. The van der Waals surface area contributed by atoms with E-state index in [2.05, 4.69) is 37.0 Å². The molecule has 6 rings (SSSR count). The van der Waals surface area contributed by atoms with Gasteiger partial charge in [-0.1, -0.05) is 6.92 Å². The molecule has 2 aliphatic heterocycles. The number of nitrogens with zero attached hydrogens (tertiary/aromatic N) is 7. The molecule has 0 aliphatic carbocycles. The second kappa shape index (κ2) is 10.0. The fourth-order valence-corrected chi connectivity index (χ4v) is 4.88. The number of oxazole rings is 2. The van der Waals surface area contributed by atoms with Gasteiger partial charge in [-0.2, -0.15) is 4.98 Å². The molecule has 198 valence electrons. The van der Waals surface area contributed by atoms with Gasteiger partial charge in [-0.15, -0.1) is 0 Å². The van der Waals surface area contributed by atoms with Crippen molar-refractivity contribution in [3.8, 4) is 11.5 Å². The Hall–Kier alpha value is -4.03. The quantitative estimate of drug-likeness (QED) is 0.389. The monoisotopic (exact) mass is 518 g/mol. The Labute approximate surface area is 219 Å². The molecule has 0 saturated carbocycles. The number of piperazine rings is 1. The number of anilines is 3. The first-order chi connectivity index (χ1) is 18.5. The number of carbonyl (C=O) groups excluding carboxylic acids is 1. The van der Waals surface area contributed by atoms with Gasteiger partial charge in [-0.25, -0.2) is 9.97 Å². The van der Waals surface area contributed by atoms with Gasteiger partial charge >= 0.3 is 0 Å². The number of hydrogen-bond acceptors (Lipinski definition) is 11. The Morgan fingerprint density at radius 2 is 1.97 bits per heavy atom. The summed E-state index contributed by atoms with van der Waals surface area (Å²) < 4.78 is 11.7. The van der Waals surface area contributed by atoms with Crippen molar-refractivity contribution in [1.82, 2.24) is 24.8 Å². The Balaban J connectivity index is 1.29. The molecule has 2 fully saturated rings. The number of fused-ring (bicyclic) bond motifs is 1. The van der Waals surface area contributed by atoms with E-state index in [1.165, 1.54) is 6.26 Å². The van der Waals surface area contributed by atoms with Crippen LogP contribution in [0.2, 0.25) is 0 Å². The smallest absolute Gasteiger partial charge is 0.300 e. The molecule has 2 saturated heterocycles. The van der Waals surface area contributed by atoms with Gasteiger partial charge in [0.05, 0.1) is 11.8 Å². The molecule has 0 radical (unpaired) electrons. The summed E-state index contributed by atoms with van der Waals surface area (Å²) in [4.78, 5) is 37.6. The van der Waals surface area contributed by atoms with E-state index in [0.29, 0.717) is 54.2 Å². The number of carbonyl (C=O) groups is 1. The maximum atomic E-state index is 13.2. The number of pyridine rings is 2. The first kappa shape index (κ1) is 24.3. The van der Waals surface area contributed by atoms with Crippen LogP contribution in [0.1, 0.15) is 29.5 Å². The number of rotatable bonds is 6. The van der Waals surface area contributed by atoms with E-state index in [9.17, 15) is 9.90 Å². The van der Waals surface area contributed by atoms with Gasteiger partial charge in [-0.05, 0) is 32.0 Å². The minimum Gasteiger partial charge on any atom is -0.444 e. The average molecular weight is 519 g/mol. The number of aliphatic hydroxyl groups is 1. The molecule has 12 nitrogen and oxygen atoms in total. The van der Waals surface area contributed by atoms with Crippen molar-refractivity contribution < 1.29 is 18.7 Å². The van der Waals surface area contributed by atoms with Gasteiger partial charge in [0.2, 0.25) is 11.5 Å². The summed E-state index contributed by atoms with van der Waals surface area (Å²) in [5.41, 5.74) is 3.09. The minimum absolute atomic E-state index is 0.133. The van der Waals surface area contributed by atoms with Gasteiger partial charge in [0, 0.05) is 62.8 Å². The van der Waals surface area contributed by atoms with E-state index in [4.69, 9.17) is 13.8 Å². The van der Waals surface area contributed by atoms with Crippen molar-refractivity contribution in [2.24, 2.45) is 0 Å². The topological polar surface area (TPSA) is 137 Å². The number of amides is 1. The third-order valence-corrected chi connectivity index (χ3v) is 7.03. The zero-order valence-corrected chi connectivity index (χ0v) is 21.4. The van der Waals surface area contributed by atoms with Gasteiger partial charge in [-0.3, -0.25) is 9.78 Å². The Morgan fingerprint density at radius 3 is 2.71 bits per heavy atom. The van der Waals surface area contributed by atoms with Crippen LogP contribution in [0.5, 0.6) is 0 Å². The number of likely N-dealkylation sites (N-methyl/N-ethyl adjacent to an activating group) is 1. The third kappa shape index (κ3) is 4.79. The number of aliphatic hydroxyl groups excluding tert-OH is 1. The standard InChI is InChI=1S/C26H30N8O4/c1-3-32-8-10-33(11-9-32)26-31-22-21(38-26)13-19(23(30-22)34-7-5-18(35)14-34)28-24(36)20-15-37-25(29-20)17-4-6-27-16(2)12-17/h4,6,12-13,15,18,35H,3,5,7-11,14H2,1-2H3,(H,28,36). The zero-order valence-electron chi connectivity index (χ0n) is 21.4. The van der Waals surface area contributed by atoms with Crippen molar-refractivity contribution in [3.05, 3.63) is 42.0 Å². The Morgan fingerprint density at radius 1 is 1.13 bits per heavy atom. The van der Waals surface area contributed by atoms with Crippen molar-refractivity contribution in [2.45, 2.75) is 26.4 Å². The van der Waals surface area contributed by atoms with Crippen molar-refractivity contribution in [2.75, 3.05) is 60.9 Å². The van der Waals surface area contributed by atoms with Crippen LogP contribution in [-0.4, -0.2) is 87.8 Å². The van der Waals surface area contributed by atoms with E-state index >= 15 is 0 Å². The van der Waals surface area contributed by atoms with Crippen LogP contribution in [0.25, 0.3) is 22.7 Å². The van der Waals surface area contributed by atoms with Crippen LogP contribution in [0, 0.1) is 6.92 Å². The van der Waals surface area contributed by atoms with Crippen molar-refractivity contribution in [1.29, 1.82) is 0 Å². The van der Waals surface area contributed by atoms with Crippen LogP contribution in [0.15, 0.2) is 39.5 Å². The molecule has 6 heterocycles. The molecule has 4 aromatic rings. The van der Waals surface area contributed by atoms with E-state index in [-0.39, 0.29) is 5.69 Å². The highest BCUT2D eigenvalue weighted by Gasteiger charge is 2.28. The summed E-state index contributed by atoms with van der Waals surface area (Å²) in [7, 11) is 0. The maximum Gasteiger partial charge on any atom is 0.300 e. The summed E-state index contributed by atoms with van der Waals surface area (Å²) in [6, 6.07) is 5.88. The highest BCUT2D eigenvalue weighted by Crippen LogP contribution is 2.33. The summed E-state index contributed by atoms with van der Waals surface area (Å²) >= 11 is 0. The highest BCUT2D eigenvalue weighted by atomic mass is 16.4. The van der Waals surface area contributed by atoms with Gasteiger partial charge in [0.15, 0.2) is 17.1 Å². The molecule has 2 aliphatic rings. The van der Waals surface area contributed by atoms with Gasteiger partial charge in [0.1, 0.15) is 6.26 Å². The van der Waals surface area contributed by atoms with Crippen LogP contribution < -0.4 is 15.1 Å². The molecule has 0 spiro atoms. The fourth-order valence-electron chi connectivity index (χ4n) is 4.88. The molecule has 2 N–H and O–H groups in total. The van der Waals surface area contributed by atoms with Crippen LogP contribution in [0.3, 0.4) is 0 Å². The lowest BCUT2D eigenvalue weighted by atomic mass is 10.2. The summed E-state index contributed by atoms with van der Waals surface area (Å²) in [6.07, 6.45) is 3.16. The van der Waals surface area contributed by atoms with Gasteiger partial charge in [0.25, 0.3) is 11.9 Å². The fraction of sp³-hybridized carbons (Fsp3) is 0.423. The third-order valence-electron chi connectivity index (χ3n) is 7.03. The highest BCUT2D eigenvalue weighted by molar-refractivity contribution is 6.05. The number of β-amino-alcohol motifs (C(OH)–C–C–N with tert-alkyl or cyclic N) is 1. The predicted octanol–water partition coefficient (Wildman–Crippen LogP) is 2.55. The summed E-state index contributed by atoms with van der Waals surface area (Å²) in [5, 5.41) is 13.1. The Bertz CT molecular complexity index is 1460. The summed E-state index contributed by atoms with van der Waals surface area (Å²) in [6.45, 7) is 9.61. The van der Waals surface area contributed by atoms with Crippen molar-refractivity contribution >= 4 is 34.7 Å². The molecular formula is C26H30N8O4. The lowest BCUT2D eigenvalue weighted by molar-refractivity contribution is 0.102. The SMILES string of the molecule is CCN1CCN(c2nc3nc(N4CCC(O)C4)c(NC(=O)c4coc(-c5ccnc(C)c5)n4)cc3o2)CC1. The second-order valence-electron chi connectivity index (χ2n) is 9.67. The zero-order chi connectivity index (χ0) is 26.2. The lowest BCUT2D eigenvalue weighted by Gasteiger charge is -2.32. The molecule has 38 heavy (non-hydrogen) atoms. The molecule has 0 aromatic carbocycles. The molecule has 4 aromatic heterocycles. The minimum atomic E-state index is -0.458. The van der Waals surface area contributed by atoms with E-state index in [1.807, 2.05) is 17.9 Å². The molecule has 1 atom stereocenters. The molecule has 0 bridgehead atoms. The first-order valence-electron chi connectivity index (χ1n) is 12.9. The molecular weight excluding hydrogens is 488 g/mol. The maximum absolute atomic E-state index is 13.2. The predicted molar refractivity (Wildman–Crippen MR) is 141 cm³/mol. The molecule has 1 unspecified atom stereocenters.